The smallest absolute Gasteiger partial charge is 0.257 e. The average molecular weight is 434 g/mol. The third kappa shape index (κ3) is 3.76. The molecule has 4 rings (SSSR count). The summed E-state index contributed by atoms with van der Waals surface area (Å²) in [6.45, 7) is 3.48. The van der Waals surface area contributed by atoms with Gasteiger partial charge in [-0.1, -0.05) is 24.3 Å². The number of pyridine rings is 1. The number of ether oxygens (including phenoxy) is 3. The first-order valence-electron chi connectivity index (χ1n) is 10.3. The molecule has 2 unspecified atom stereocenters. The van der Waals surface area contributed by atoms with E-state index in [2.05, 4.69) is 4.98 Å². The van der Waals surface area contributed by atoms with Crippen LogP contribution in [0.1, 0.15) is 42.9 Å². The van der Waals surface area contributed by atoms with E-state index in [1.54, 1.807) is 69.5 Å². The largest absolute Gasteiger partial charge is 0.508 e. The number of phenolic OH excluding ortho intramolecular Hbond substituents is 1. The molecular weight excluding hydrogens is 408 g/mol. The summed E-state index contributed by atoms with van der Waals surface area (Å²) in [5.74, 6) is 0.970. The van der Waals surface area contributed by atoms with Crippen molar-refractivity contribution >= 4 is 5.91 Å². The Morgan fingerprint density at radius 2 is 1.72 bits per heavy atom. The Bertz CT molecular complexity index is 1090. The van der Waals surface area contributed by atoms with Crippen molar-refractivity contribution in [2.75, 3.05) is 14.2 Å². The van der Waals surface area contributed by atoms with Gasteiger partial charge in [-0.25, -0.2) is 0 Å². The SMILES string of the molecule is COc1cccc(OC)c1C1OC(C)(C)C(=O)N1C(c1cccc(O)c1)c1ccccn1. The Labute approximate surface area is 187 Å². The Kier molecular flexibility index (Phi) is 5.76. The molecule has 1 aromatic heterocycles. The van der Waals surface area contributed by atoms with E-state index in [4.69, 9.17) is 14.2 Å². The van der Waals surface area contributed by atoms with Gasteiger partial charge in [0.25, 0.3) is 5.91 Å². The lowest BCUT2D eigenvalue weighted by atomic mass is 9.98. The second kappa shape index (κ2) is 8.51. The molecule has 7 heteroatoms. The maximum atomic E-state index is 13.7. The summed E-state index contributed by atoms with van der Waals surface area (Å²) in [4.78, 5) is 19.9. The molecule has 1 saturated heterocycles. The van der Waals surface area contributed by atoms with Crippen LogP contribution in [-0.4, -0.2) is 40.7 Å². The first kappa shape index (κ1) is 21.6. The molecule has 2 aromatic carbocycles. The fourth-order valence-electron chi connectivity index (χ4n) is 4.08. The van der Waals surface area contributed by atoms with E-state index < -0.39 is 17.9 Å². The van der Waals surface area contributed by atoms with E-state index >= 15 is 0 Å². The van der Waals surface area contributed by atoms with Gasteiger partial charge in [-0.2, -0.15) is 0 Å². The second-order valence-corrected chi connectivity index (χ2v) is 8.02. The summed E-state index contributed by atoms with van der Waals surface area (Å²) in [6, 6.07) is 17.2. The lowest BCUT2D eigenvalue weighted by Crippen LogP contribution is -2.39. The van der Waals surface area contributed by atoms with E-state index in [0.717, 1.165) is 0 Å². The van der Waals surface area contributed by atoms with Crippen molar-refractivity contribution in [3.05, 3.63) is 83.7 Å². The van der Waals surface area contributed by atoms with Crippen LogP contribution in [0.2, 0.25) is 0 Å². The molecule has 1 N–H and O–H groups in total. The molecule has 7 nitrogen and oxygen atoms in total. The number of benzene rings is 2. The summed E-state index contributed by atoms with van der Waals surface area (Å²) in [7, 11) is 3.13. The molecule has 0 aliphatic carbocycles. The van der Waals surface area contributed by atoms with Gasteiger partial charge in [-0.15, -0.1) is 0 Å². The van der Waals surface area contributed by atoms with E-state index in [9.17, 15) is 9.90 Å². The lowest BCUT2D eigenvalue weighted by Gasteiger charge is -2.33. The molecular formula is C25H26N2O5. The van der Waals surface area contributed by atoms with Gasteiger partial charge in [0.1, 0.15) is 28.9 Å². The number of rotatable bonds is 6. The third-order valence-corrected chi connectivity index (χ3v) is 5.55. The number of amides is 1. The number of phenols is 1. The van der Waals surface area contributed by atoms with E-state index in [-0.39, 0.29) is 11.7 Å². The first-order chi connectivity index (χ1) is 15.4. The minimum Gasteiger partial charge on any atom is -0.508 e. The zero-order valence-corrected chi connectivity index (χ0v) is 18.5. The van der Waals surface area contributed by atoms with Gasteiger partial charge in [0, 0.05) is 6.20 Å². The summed E-state index contributed by atoms with van der Waals surface area (Å²) >= 11 is 0. The summed E-state index contributed by atoms with van der Waals surface area (Å²) in [5.41, 5.74) is 0.863. The zero-order valence-electron chi connectivity index (χ0n) is 18.5. The maximum absolute atomic E-state index is 13.7. The van der Waals surface area contributed by atoms with Crippen molar-refractivity contribution in [1.29, 1.82) is 0 Å². The standard InChI is InChI=1S/C25H26N2O5/c1-25(2)24(29)27(23(32-25)21-19(30-3)12-8-13-20(21)31-4)22(18-11-5-6-14-26-18)16-9-7-10-17(28)15-16/h5-15,22-23,28H,1-4H3. The minimum atomic E-state index is -1.10. The van der Waals surface area contributed by atoms with Crippen LogP contribution in [0.25, 0.3) is 0 Å². The Balaban J connectivity index is 1.95. The molecule has 1 aliphatic heterocycles. The van der Waals surface area contributed by atoms with Gasteiger partial charge in [0.2, 0.25) is 0 Å². The van der Waals surface area contributed by atoms with E-state index in [0.29, 0.717) is 28.3 Å². The number of aromatic hydroxyl groups is 1. The summed E-state index contributed by atoms with van der Waals surface area (Å²) in [6.07, 6.45) is 0.870. The van der Waals surface area contributed by atoms with E-state index in [1.165, 1.54) is 0 Å². The zero-order chi connectivity index (χ0) is 22.9. The highest BCUT2D eigenvalue weighted by molar-refractivity contribution is 5.87. The van der Waals surface area contributed by atoms with Crippen LogP contribution in [0.4, 0.5) is 0 Å². The summed E-state index contributed by atoms with van der Waals surface area (Å²) in [5, 5.41) is 10.2. The van der Waals surface area contributed by atoms with Crippen LogP contribution in [0.5, 0.6) is 17.2 Å². The number of aromatic nitrogens is 1. The molecule has 2 heterocycles. The average Bonchev–Trinajstić information content (AvgIpc) is 3.03. The van der Waals surface area contributed by atoms with E-state index in [1.807, 2.05) is 30.3 Å². The Morgan fingerprint density at radius 1 is 1.03 bits per heavy atom. The molecule has 1 amide bonds. The topological polar surface area (TPSA) is 81.1 Å². The van der Waals surface area contributed by atoms with Crippen molar-refractivity contribution in [1.82, 2.24) is 9.88 Å². The molecule has 0 bridgehead atoms. The highest BCUT2D eigenvalue weighted by Crippen LogP contribution is 2.49. The molecule has 1 aliphatic rings. The van der Waals surface area contributed by atoms with Crippen LogP contribution in [-0.2, 0) is 9.53 Å². The Hall–Kier alpha value is -3.58. The number of hydrogen-bond acceptors (Lipinski definition) is 6. The Morgan fingerprint density at radius 3 is 2.31 bits per heavy atom. The minimum absolute atomic E-state index is 0.0988. The molecule has 0 saturated carbocycles. The van der Waals surface area contributed by atoms with Crippen LogP contribution < -0.4 is 9.47 Å². The molecule has 2 atom stereocenters. The molecule has 0 spiro atoms. The number of methoxy groups -OCH3 is 2. The van der Waals surface area contributed by atoms with Crippen molar-refractivity contribution in [2.24, 2.45) is 0 Å². The van der Waals surface area contributed by atoms with Crippen molar-refractivity contribution < 1.29 is 24.1 Å². The van der Waals surface area contributed by atoms with Crippen LogP contribution in [0.3, 0.4) is 0 Å². The predicted molar refractivity (Wildman–Crippen MR) is 118 cm³/mol. The van der Waals surface area contributed by atoms with Crippen molar-refractivity contribution in [3.63, 3.8) is 0 Å². The highest BCUT2D eigenvalue weighted by Gasteiger charge is 2.52. The molecule has 166 valence electrons. The second-order valence-electron chi connectivity index (χ2n) is 8.02. The van der Waals surface area contributed by atoms with Crippen LogP contribution in [0.15, 0.2) is 66.9 Å². The number of carbonyl (C=O) groups excluding carboxylic acids is 1. The first-order valence-corrected chi connectivity index (χ1v) is 10.3. The van der Waals surface area contributed by atoms with Crippen molar-refractivity contribution in [2.45, 2.75) is 31.7 Å². The third-order valence-electron chi connectivity index (χ3n) is 5.55. The quantitative estimate of drug-likeness (QED) is 0.625. The molecule has 3 aromatic rings. The van der Waals surface area contributed by atoms with Crippen molar-refractivity contribution in [3.8, 4) is 17.2 Å². The normalized spacial score (nSPS) is 18.4. The fourth-order valence-corrected chi connectivity index (χ4v) is 4.08. The van der Waals surface area contributed by atoms with Gasteiger partial charge >= 0.3 is 0 Å². The lowest BCUT2D eigenvalue weighted by molar-refractivity contribution is -0.135. The number of carbonyl (C=O) groups is 1. The maximum Gasteiger partial charge on any atom is 0.257 e. The summed E-state index contributed by atoms with van der Waals surface area (Å²) < 4.78 is 17.5. The molecule has 1 fully saturated rings. The van der Waals surface area contributed by atoms with Gasteiger partial charge < -0.3 is 19.3 Å². The predicted octanol–water partition coefficient (Wildman–Crippen LogP) is 4.23. The van der Waals surface area contributed by atoms with Crippen LogP contribution in [0, 0.1) is 0 Å². The van der Waals surface area contributed by atoms with Gasteiger partial charge in [0.15, 0.2) is 6.23 Å². The fraction of sp³-hybridized carbons (Fsp3) is 0.280. The highest BCUT2D eigenvalue weighted by atomic mass is 16.6. The number of nitrogens with zero attached hydrogens (tertiary/aromatic N) is 2. The molecule has 0 radical (unpaired) electrons. The van der Waals surface area contributed by atoms with Gasteiger partial charge in [-0.3, -0.25) is 14.7 Å². The molecule has 32 heavy (non-hydrogen) atoms. The number of hydrogen-bond donors (Lipinski definition) is 1. The van der Waals surface area contributed by atoms with Gasteiger partial charge in [0.05, 0.1) is 25.5 Å². The van der Waals surface area contributed by atoms with Crippen LogP contribution >= 0.6 is 0 Å². The van der Waals surface area contributed by atoms with Gasteiger partial charge in [-0.05, 0) is 55.8 Å². The monoisotopic (exact) mass is 434 g/mol.